The third-order valence-corrected chi connectivity index (χ3v) is 3.52. The lowest BCUT2D eigenvalue weighted by Gasteiger charge is -2.04. The van der Waals surface area contributed by atoms with Gasteiger partial charge in [-0.05, 0) is 13.8 Å². The number of carbonyl (C=O) groups excluding carboxylic acids is 1. The van der Waals surface area contributed by atoms with Gasteiger partial charge in [0.25, 0.3) is 5.56 Å². The normalized spacial score (nSPS) is 10.6. The van der Waals surface area contributed by atoms with Crippen LogP contribution in [0, 0.1) is 6.92 Å². The molecular formula is C12H13N3O3S. The summed E-state index contributed by atoms with van der Waals surface area (Å²) in [4.78, 5) is 41.5. The second-order valence-corrected chi connectivity index (χ2v) is 5.19. The van der Waals surface area contributed by atoms with Crippen molar-refractivity contribution in [2.75, 3.05) is 0 Å². The summed E-state index contributed by atoms with van der Waals surface area (Å²) >= 11 is 1.52. The van der Waals surface area contributed by atoms with Crippen LogP contribution in [0.1, 0.15) is 28.0 Å². The van der Waals surface area contributed by atoms with Crippen molar-refractivity contribution < 1.29 is 4.79 Å². The number of rotatable bonds is 4. The van der Waals surface area contributed by atoms with Gasteiger partial charge in [0, 0.05) is 24.5 Å². The van der Waals surface area contributed by atoms with Crippen molar-refractivity contribution in [2.45, 2.75) is 26.8 Å². The quantitative estimate of drug-likeness (QED) is 0.837. The van der Waals surface area contributed by atoms with Gasteiger partial charge in [-0.15, -0.1) is 11.3 Å². The molecule has 2 rings (SSSR count). The van der Waals surface area contributed by atoms with E-state index in [4.69, 9.17) is 0 Å². The zero-order valence-corrected chi connectivity index (χ0v) is 11.4. The molecule has 0 fully saturated rings. The third kappa shape index (κ3) is 2.87. The van der Waals surface area contributed by atoms with Crippen molar-refractivity contribution in [3.05, 3.63) is 48.7 Å². The average molecular weight is 279 g/mol. The van der Waals surface area contributed by atoms with Crippen LogP contribution in [0.25, 0.3) is 0 Å². The number of hydrogen-bond donors (Lipinski definition) is 1. The molecule has 7 heteroatoms. The number of carbonyl (C=O) groups is 1. The number of Topliss-reactive ketones (excluding diaryl/α,β-unsaturated/α-hetero) is 1. The van der Waals surface area contributed by atoms with E-state index in [9.17, 15) is 14.4 Å². The number of nitrogens with zero attached hydrogens (tertiary/aromatic N) is 2. The number of aryl methyl sites for hydroxylation is 2. The van der Waals surface area contributed by atoms with Crippen LogP contribution in [-0.4, -0.2) is 20.3 Å². The maximum absolute atomic E-state index is 12.0. The molecule has 2 aromatic rings. The van der Waals surface area contributed by atoms with Crippen molar-refractivity contribution in [1.82, 2.24) is 14.5 Å². The fraction of sp³-hybridized carbons (Fsp3) is 0.333. The molecule has 19 heavy (non-hydrogen) atoms. The number of thiazole rings is 1. The van der Waals surface area contributed by atoms with Gasteiger partial charge in [-0.25, -0.2) is 9.78 Å². The summed E-state index contributed by atoms with van der Waals surface area (Å²) in [6, 6.07) is 0. The van der Waals surface area contributed by atoms with Crippen LogP contribution in [0.2, 0.25) is 0 Å². The molecule has 0 amide bonds. The number of H-pyrrole nitrogens is 1. The van der Waals surface area contributed by atoms with Gasteiger partial charge in [0.05, 0.1) is 16.3 Å². The van der Waals surface area contributed by atoms with Crippen molar-refractivity contribution in [2.24, 2.45) is 0 Å². The van der Waals surface area contributed by atoms with Crippen LogP contribution in [-0.2, 0) is 13.0 Å². The Balaban J connectivity index is 2.30. The first-order valence-corrected chi connectivity index (χ1v) is 6.61. The largest absolute Gasteiger partial charge is 0.328 e. The highest BCUT2D eigenvalue weighted by atomic mass is 32.1. The maximum atomic E-state index is 12.0. The molecule has 0 aliphatic carbocycles. The smallest absolute Gasteiger partial charge is 0.313 e. The molecule has 0 unspecified atom stereocenters. The topological polar surface area (TPSA) is 84.8 Å². The second-order valence-electron chi connectivity index (χ2n) is 4.13. The standard InChI is InChI=1S/C12H13N3O3S/c1-7(16)10-5-13-12(18)15(11(10)17)4-3-9-6-19-8(2)14-9/h5-6H,3-4H2,1-2H3,(H,13,18). The predicted octanol–water partition coefficient (Wildman–Crippen LogP) is 0.747. The molecule has 0 aromatic carbocycles. The van der Waals surface area contributed by atoms with Gasteiger partial charge in [-0.3, -0.25) is 14.2 Å². The van der Waals surface area contributed by atoms with Crippen LogP contribution in [0.5, 0.6) is 0 Å². The highest BCUT2D eigenvalue weighted by Gasteiger charge is 2.11. The Labute approximate surface area is 112 Å². The number of aromatic nitrogens is 3. The predicted molar refractivity (Wildman–Crippen MR) is 71.9 cm³/mol. The molecule has 0 radical (unpaired) electrons. The van der Waals surface area contributed by atoms with Gasteiger partial charge in [0.15, 0.2) is 5.78 Å². The number of nitrogens with one attached hydrogen (secondary N) is 1. The lowest BCUT2D eigenvalue weighted by molar-refractivity contribution is 0.101. The fourth-order valence-corrected chi connectivity index (χ4v) is 2.36. The molecule has 2 heterocycles. The van der Waals surface area contributed by atoms with E-state index in [0.29, 0.717) is 6.42 Å². The molecule has 0 saturated carbocycles. The lowest BCUT2D eigenvalue weighted by Crippen LogP contribution is -2.38. The third-order valence-electron chi connectivity index (χ3n) is 2.70. The summed E-state index contributed by atoms with van der Waals surface area (Å²) in [7, 11) is 0. The van der Waals surface area contributed by atoms with E-state index in [0.717, 1.165) is 21.5 Å². The Bertz CT molecular complexity index is 726. The molecular weight excluding hydrogens is 266 g/mol. The van der Waals surface area contributed by atoms with Gasteiger partial charge < -0.3 is 4.98 Å². The summed E-state index contributed by atoms with van der Waals surface area (Å²) in [6.07, 6.45) is 1.64. The van der Waals surface area contributed by atoms with E-state index in [1.165, 1.54) is 18.3 Å². The number of aromatic amines is 1. The molecule has 0 bridgehead atoms. The van der Waals surface area contributed by atoms with Crippen LogP contribution < -0.4 is 11.2 Å². The van der Waals surface area contributed by atoms with Gasteiger partial charge in [0.2, 0.25) is 0 Å². The molecule has 1 N–H and O–H groups in total. The van der Waals surface area contributed by atoms with Crippen LogP contribution >= 0.6 is 11.3 Å². The van der Waals surface area contributed by atoms with E-state index in [1.54, 1.807) is 0 Å². The minimum atomic E-state index is -0.553. The summed E-state index contributed by atoms with van der Waals surface area (Å²) < 4.78 is 1.03. The van der Waals surface area contributed by atoms with E-state index < -0.39 is 11.2 Å². The fourth-order valence-electron chi connectivity index (χ4n) is 1.72. The molecule has 100 valence electrons. The molecule has 2 aromatic heterocycles. The highest BCUT2D eigenvalue weighted by Crippen LogP contribution is 2.08. The first kappa shape index (κ1) is 13.4. The Morgan fingerprint density at radius 3 is 2.79 bits per heavy atom. The Morgan fingerprint density at radius 1 is 1.47 bits per heavy atom. The number of hydrogen-bond acceptors (Lipinski definition) is 5. The van der Waals surface area contributed by atoms with Crippen molar-refractivity contribution in [1.29, 1.82) is 0 Å². The van der Waals surface area contributed by atoms with Crippen molar-refractivity contribution >= 4 is 17.1 Å². The molecule has 0 saturated heterocycles. The van der Waals surface area contributed by atoms with Crippen molar-refractivity contribution in [3.63, 3.8) is 0 Å². The van der Waals surface area contributed by atoms with Gasteiger partial charge >= 0.3 is 5.69 Å². The lowest BCUT2D eigenvalue weighted by atomic mass is 10.2. The number of ketones is 1. The summed E-state index contributed by atoms with van der Waals surface area (Å²) in [6.45, 7) is 3.39. The monoisotopic (exact) mass is 279 g/mol. The first-order valence-electron chi connectivity index (χ1n) is 5.73. The second kappa shape index (κ2) is 5.31. The average Bonchev–Trinajstić information content (AvgIpc) is 2.74. The SMILES string of the molecule is CC(=O)c1c[nH]c(=O)n(CCc2csc(C)n2)c1=O. The molecule has 0 aliphatic rings. The van der Waals surface area contributed by atoms with E-state index in [1.807, 2.05) is 12.3 Å². The summed E-state index contributed by atoms with van der Waals surface area (Å²) in [5, 5.41) is 2.83. The summed E-state index contributed by atoms with van der Waals surface area (Å²) in [5.74, 6) is -0.362. The first-order chi connectivity index (χ1) is 8.99. The molecule has 0 aliphatic heterocycles. The van der Waals surface area contributed by atoms with Gasteiger partial charge in [0.1, 0.15) is 0 Å². The maximum Gasteiger partial charge on any atom is 0.328 e. The highest BCUT2D eigenvalue weighted by molar-refractivity contribution is 7.09. The zero-order valence-electron chi connectivity index (χ0n) is 10.6. The Morgan fingerprint density at radius 2 is 2.21 bits per heavy atom. The van der Waals surface area contributed by atoms with E-state index in [2.05, 4.69) is 9.97 Å². The van der Waals surface area contributed by atoms with Crippen LogP contribution in [0.4, 0.5) is 0 Å². The minimum absolute atomic E-state index is 0.00550. The van der Waals surface area contributed by atoms with E-state index >= 15 is 0 Å². The van der Waals surface area contributed by atoms with E-state index in [-0.39, 0.29) is 17.9 Å². The van der Waals surface area contributed by atoms with Crippen LogP contribution in [0.15, 0.2) is 21.2 Å². The molecule has 6 nitrogen and oxygen atoms in total. The Kier molecular flexibility index (Phi) is 3.75. The summed E-state index contributed by atoms with van der Waals surface area (Å²) in [5.41, 5.74) is -0.235. The Hall–Kier alpha value is -2.02. The zero-order chi connectivity index (χ0) is 14.0. The van der Waals surface area contributed by atoms with Gasteiger partial charge in [-0.1, -0.05) is 0 Å². The van der Waals surface area contributed by atoms with Crippen LogP contribution in [0.3, 0.4) is 0 Å². The van der Waals surface area contributed by atoms with Crippen molar-refractivity contribution in [3.8, 4) is 0 Å². The minimum Gasteiger partial charge on any atom is -0.313 e. The van der Waals surface area contributed by atoms with Gasteiger partial charge in [-0.2, -0.15) is 0 Å². The molecule has 0 spiro atoms. The molecule has 0 atom stereocenters.